The molecule has 0 saturated carbocycles. The van der Waals surface area contributed by atoms with Gasteiger partial charge < -0.3 is 10.4 Å². The van der Waals surface area contributed by atoms with E-state index in [1.807, 2.05) is 31.3 Å². The largest absolute Gasteiger partial charge is 0.392 e. The summed E-state index contributed by atoms with van der Waals surface area (Å²) in [6.45, 7) is 4.57. The average molecular weight is 250 g/mol. The van der Waals surface area contributed by atoms with E-state index < -0.39 is 6.10 Å². The molecule has 0 fully saturated rings. The average Bonchev–Trinajstić information content (AvgIpc) is 2.28. The molecule has 0 heterocycles. The Balaban J connectivity index is 2.43. The summed E-state index contributed by atoms with van der Waals surface area (Å²) >= 11 is 0. The summed E-state index contributed by atoms with van der Waals surface area (Å²) in [5.41, 5.74) is 2.06. The predicted octanol–water partition coefficient (Wildman–Crippen LogP) is 1.50. The van der Waals surface area contributed by atoms with E-state index in [1.54, 1.807) is 11.8 Å². The highest BCUT2D eigenvalue weighted by Crippen LogP contribution is 2.09. The minimum absolute atomic E-state index is 0.0672. The van der Waals surface area contributed by atoms with Crippen molar-refractivity contribution in [2.24, 2.45) is 0 Å². The first-order chi connectivity index (χ1) is 8.51. The van der Waals surface area contributed by atoms with Crippen LogP contribution in [0.5, 0.6) is 0 Å². The van der Waals surface area contributed by atoms with Gasteiger partial charge in [0.15, 0.2) is 0 Å². The highest BCUT2D eigenvalue weighted by atomic mass is 16.3. The summed E-state index contributed by atoms with van der Waals surface area (Å²) in [7, 11) is 1.81. The van der Waals surface area contributed by atoms with Crippen molar-refractivity contribution < 1.29 is 9.90 Å². The Hall–Kier alpha value is -1.39. The number of likely N-dealkylation sites (N-methyl/N-ethyl adjacent to an activating group) is 1. The van der Waals surface area contributed by atoms with Crippen LogP contribution in [-0.4, -0.2) is 42.2 Å². The first-order valence-electron chi connectivity index (χ1n) is 6.26. The van der Waals surface area contributed by atoms with E-state index in [9.17, 15) is 9.90 Å². The molecule has 18 heavy (non-hydrogen) atoms. The van der Waals surface area contributed by atoms with Crippen LogP contribution in [0.3, 0.4) is 0 Å². The SMILES string of the molecule is CCc1ccc(NC(=O)CN(C)CC(C)O)cc1. The number of aryl methyl sites for hydroxylation is 1. The van der Waals surface area contributed by atoms with Crippen LogP contribution in [0, 0.1) is 0 Å². The molecule has 1 aromatic rings. The van der Waals surface area contributed by atoms with Gasteiger partial charge in [0.2, 0.25) is 5.91 Å². The lowest BCUT2D eigenvalue weighted by Gasteiger charge is -2.17. The molecule has 0 aliphatic rings. The number of aliphatic hydroxyl groups is 1. The Kier molecular flexibility index (Phi) is 5.82. The Bertz CT molecular complexity index is 374. The van der Waals surface area contributed by atoms with Crippen LogP contribution in [0.1, 0.15) is 19.4 Å². The highest BCUT2D eigenvalue weighted by molar-refractivity contribution is 5.92. The van der Waals surface area contributed by atoms with Crippen molar-refractivity contribution >= 4 is 11.6 Å². The van der Waals surface area contributed by atoms with Gasteiger partial charge in [-0.3, -0.25) is 9.69 Å². The first-order valence-corrected chi connectivity index (χ1v) is 6.26. The van der Waals surface area contributed by atoms with Crippen LogP contribution in [-0.2, 0) is 11.2 Å². The fourth-order valence-corrected chi connectivity index (χ4v) is 1.79. The molecule has 1 unspecified atom stereocenters. The van der Waals surface area contributed by atoms with Crippen LogP contribution in [0.25, 0.3) is 0 Å². The van der Waals surface area contributed by atoms with Gasteiger partial charge >= 0.3 is 0 Å². The number of anilines is 1. The number of carbonyl (C=O) groups is 1. The number of nitrogens with one attached hydrogen (secondary N) is 1. The second-order valence-corrected chi connectivity index (χ2v) is 4.64. The summed E-state index contributed by atoms with van der Waals surface area (Å²) in [5.74, 6) is -0.0672. The quantitative estimate of drug-likeness (QED) is 0.804. The number of amides is 1. The maximum absolute atomic E-state index is 11.7. The molecule has 1 atom stereocenters. The van der Waals surface area contributed by atoms with Crippen LogP contribution in [0.2, 0.25) is 0 Å². The molecule has 1 aromatic carbocycles. The lowest BCUT2D eigenvalue weighted by atomic mass is 10.1. The molecule has 2 N–H and O–H groups in total. The van der Waals surface area contributed by atoms with Gasteiger partial charge in [0.25, 0.3) is 0 Å². The molecule has 1 rings (SSSR count). The topological polar surface area (TPSA) is 52.6 Å². The van der Waals surface area contributed by atoms with Crippen molar-refractivity contribution in [3.05, 3.63) is 29.8 Å². The second kappa shape index (κ2) is 7.13. The van der Waals surface area contributed by atoms with E-state index >= 15 is 0 Å². The third-order valence-electron chi connectivity index (χ3n) is 2.64. The Morgan fingerprint density at radius 1 is 1.39 bits per heavy atom. The van der Waals surface area contributed by atoms with Crippen molar-refractivity contribution in [2.75, 3.05) is 25.5 Å². The molecular weight excluding hydrogens is 228 g/mol. The van der Waals surface area contributed by atoms with E-state index in [0.29, 0.717) is 6.54 Å². The maximum Gasteiger partial charge on any atom is 0.238 e. The van der Waals surface area contributed by atoms with Gasteiger partial charge in [-0.1, -0.05) is 19.1 Å². The number of rotatable bonds is 6. The molecule has 0 bridgehead atoms. The van der Waals surface area contributed by atoms with Gasteiger partial charge in [-0.05, 0) is 38.1 Å². The number of benzene rings is 1. The third kappa shape index (κ3) is 5.29. The summed E-state index contributed by atoms with van der Waals surface area (Å²) in [4.78, 5) is 13.5. The molecule has 0 radical (unpaired) electrons. The monoisotopic (exact) mass is 250 g/mol. The minimum Gasteiger partial charge on any atom is -0.392 e. The zero-order chi connectivity index (χ0) is 13.5. The van der Waals surface area contributed by atoms with Gasteiger partial charge in [0.05, 0.1) is 12.6 Å². The van der Waals surface area contributed by atoms with E-state index in [4.69, 9.17) is 0 Å². The molecule has 4 nitrogen and oxygen atoms in total. The fourth-order valence-electron chi connectivity index (χ4n) is 1.79. The molecule has 4 heteroatoms. The number of carbonyl (C=O) groups excluding carboxylic acids is 1. The van der Waals surface area contributed by atoms with Crippen LogP contribution in [0.4, 0.5) is 5.69 Å². The van der Waals surface area contributed by atoms with Gasteiger partial charge in [0, 0.05) is 12.2 Å². The summed E-state index contributed by atoms with van der Waals surface area (Å²) < 4.78 is 0. The summed E-state index contributed by atoms with van der Waals surface area (Å²) in [6, 6.07) is 7.83. The molecule has 0 saturated heterocycles. The van der Waals surface area contributed by atoms with Crippen molar-refractivity contribution in [3.8, 4) is 0 Å². The predicted molar refractivity (Wildman–Crippen MR) is 73.6 cm³/mol. The van der Waals surface area contributed by atoms with Crippen molar-refractivity contribution in [1.29, 1.82) is 0 Å². The maximum atomic E-state index is 11.7. The van der Waals surface area contributed by atoms with Crippen LogP contribution < -0.4 is 5.32 Å². The molecule has 0 aliphatic heterocycles. The standard InChI is InChI=1S/C14H22N2O2/c1-4-12-5-7-13(8-6-12)15-14(18)10-16(3)9-11(2)17/h5-8,11,17H,4,9-10H2,1-3H3,(H,15,18). The lowest BCUT2D eigenvalue weighted by Crippen LogP contribution is -2.34. The molecule has 0 spiro atoms. The molecule has 1 amide bonds. The smallest absolute Gasteiger partial charge is 0.238 e. The lowest BCUT2D eigenvalue weighted by molar-refractivity contribution is -0.117. The van der Waals surface area contributed by atoms with Crippen LogP contribution >= 0.6 is 0 Å². The Labute approximate surface area is 109 Å². The van der Waals surface area contributed by atoms with Crippen molar-refractivity contribution in [1.82, 2.24) is 4.90 Å². The molecule has 0 aliphatic carbocycles. The summed E-state index contributed by atoms with van der Waals surface area (Å²) in [6.07, 6.45) is 0.567. The first kappa shape index (κ1) is 14.7. The molecular formula is C14H22N2O2. The zero-order valence-corrected chi connectivity index (χ0v) is 11.3. The van der Waals surface area contributed by atoms with E-state index in [-0.39, 0.29) is 12.5 Å². The number of nitrogens with zero attached hydrogens (tertiary/aromatic N) is 1. The third-order valence-corrected chi connectivity index (χ3v) is 2.64. The molecule has 0 aromatic heterocycles. The zero-order valence-electron chi connectivity index (χ0n) is 11.3. The normalized spacial score (nSPS) is 12.5. The van der Waals surface area contributed by atoms with Crippen LogP contribution in [0.15, 0.2) is 24.3 Å². The fraction of sp³-hybridized carbons (Fsp3) is 0.500. The van der Waals surface area contributed by atoms with Crippen molar-refractivity contribution in [2.45, 2.75) is 26.4 Å². The second-order valence-electron chi connectivity index (χ2n) is 4.64. The Morgan fingerprint density at radius 2 is 2.00 bits per heavy atom. The highest BCUT2D eigenvalue weighted by Gasteiger charge is 2.08. The van der Waals surface area contributed by atoms with E-state index in [0.717, 1.165) is 12.1 Å². The van der Waals surface area contributed by atoms with Gasteiger partial charge in [-0.25, -0.2) is 0 Å². The van der Waals surface area contributed by atoms with Gasteiger partial charge in [0.1, 0.15) is 0 Å². The Morgan fingerprint density at radius 3 is 2.50 bits per heavy atom. The van der Waals surface area contributed by atoms with Crippen molar-refractivity contribution in [3.63, 3.8) is 0 Å². The summed E-state index contributed by atoms with van der Waals surface area (Å²) in [5, 5.41) is 12.0. The number of hydrogen-bond acceptors (Lipinski definition) is 3. The minimum atomic E-state index is -0.424. The number of aliphatic hydroxyl groups excluding tert-OH is 1. The van der Waals surface area contributed by atoms with E-state index in [1.165, 1.54) is 5.56 Å². The van der Waals surface area contributed by atoms with E-state index in [2.05, 4.69) is 12.2 Å². The van der Waals surface area contributed by atoms with Gasteiger partial charge in [-0.15, -0.1) is 0 Å². The van der Waals surface area contributed by atoms with Gasteiger partial charge in [-0.2, -0.15) is 0 Å². The molecule has 100 valence electrons. The number of hydrogen-bond donors (Lipinski definition) is 2.